The monoisotopic (exact) mass is 412 g/mol. The molecule has 150 valence electrons. The maximum Gasteiger partial charge on any atom is 0.290 e. The van der Waals surface area contributed by atoms with Crippen molar-refractivity contribution in [2.75, 3.05) is 18.5 Å². The second kappa shape index (κ2) is 9.29. The molecule has 0 spiro atoms. The van der Waals surface area contributed by atoms with Gasteiger partial charge in [-0.3, -0.25) is 19.7 Å². The number of thioether (sulfide) groups is 1. The number of anilines is 1. The highest BCUT2D eigenvalue weighted by Gasteiger charge is 2.24. The summed E-state index contributed by atoms with van der Waals surface area (Å²) in [5.41, 5.74) is 1.67. The average Bonchev–Trinajstić information content (AvgIpc) is 3.01. The number of benzene rings is 2. The summed E-state index contributed by atoms with van der Waals surface area (Å²) >= 11 is 0.849. The van der Waals surface area contributed by atoms with Gasteiger partial charge in [-0.25, -0.2) is 0 Å². The van der Waals surface area contributed by atoms with Crippen LogP contribution in [0.5, 0.6) is 11.5 Å². The van der Waals surface area contributed by atoms with Gasteiger partial charge in [-0.1, -0.05) is 12.1 Å². The quantitative estimate of drug-likeness (QED) is 0.666. The lowest BCUT2D eigenvalue weighted by Crippen LogP contribution is -2.17. The average molecular weight is 412 g/mol. The second-order valence-corrected chi connectivity index (χ2v) is 6.97. The summed E-state index contributed by atoms with van der Waals surface area (Å²) in [6.07, 6.45) is 1.60. The van der Waals surface area contributed by atoms with Crippen LogP contribution in [0.1, 0.15) is 29.8 Å². The van der Waals surface area contributed by atoms with E-state index in [-0.39, 0.29) is 5.91 Å². The lowest BCUT2D eigenvalue weighted by atomic mass is 10.1. The van der Waals surface area contributed by atoms with Gasteiger partial charge in [-0.15, -0.1) is 0 Å². The normalized spacial score (nSPS) is 14.6. The predicted molar refractivity (Wildman–Crippen MR) is 112 cm³/mol. The largest absolute Gasteiger partial charge is 0.494 e. The van der Waals surface area contributed by atoms with E-state index in [1.165, 1.54) is 0 Å². The lowest BCUT2D eigenvalue weighted by Gasteiger charge is -2.13. The zero-order valence-corrected chi connectivity index (χ0v) is 16.8. The number of carbonyl (C=O) groups is 3. The highest BCUT2D eigenvalue weighted by molar-refractivity contribution is 8.18. The molecule has 0 aromatic heterocycles. The van der Waals surface area contributed by atoms with E-state index in [0.29, 0.717) is 46.4 Å². The van der Waals surface area contributed by atoms with Crippen LogP contribution in [0.3, 0.4) is 0 Å². The van der Waals surface area contributed by atoms with E-state index in [1.54, 1.807) is 48.5 Å². The predicted octanol–water partition coefficient (Wildman–Crippen LogP) is 4.06. The minimum atomic E-state index is -0.417. The van der Waals surface area contributed by atoms with E-state index >= 15 is 0 Å². The Kier molecular flexibility index (Phi) is 6.56. The molecule has 0 atom stereocenters. The van der Waals surface area contributed by atoms with E-state index in [4.69, 9.17) is 9.47 Å². The Morgan fingerprint density at radius 2 is 1.79 bits per heavy atom. The summed E-state index contributed by atoms with van der Waals surface area (Å²) in [6, 6.07) is 12.0. The molecular weight excluding hydrogens is 392 g/mol. The van der Waals surface area contributed by atoms with Crippen LogP contribution < -0.4 is 20.1 Å². The Balaban J connectivity index is 1.76. The number of amides is 3. The first-order valence-electron chi connectivity index (χ1n) is 9.06. The van der Waals surface area contributed by atoms with Crippen molar-refractivity contribution >= 4 is 40.6 Å². The number of hydrogen-bond acceptors (Lipinski definition) is 6. The minimum absolute atomic E-state index is 0.304. The van der Waals surface area contributed by atoms with Gasteiger partial charge in [-0.05, 0) is 61.5 Å². The van der Waals surface area contributed by atoms with Crippen LogP contribution in [0.25, 0.3) is 6.08 Å². The number of ether oxygens (including phenoxy) is 2. The van der Waals surface area contributed by atoms with Gasteiger partial charge in [-0.2, -0.15) is 0 Å². The molecule has 2 aromatic carbocycles. The summed E-state index contributed by atoms with van der Waals surface area (Å²) < 4.78 is 11.1. The van der Waals surface area contributed by atoms with Gasteiger partial charge in [0.1, 0.15) is 11.5 Å². The van der Waals surface area contributed by atoms with E-state index < -0.39 is 11.1 Å². The molecule has 0 bridgehead atoms. The van der Waals surface area contributed by atoms with Crippen LogP contribution in [-0.4, -0.2) is 30.3 Å². The third kappa shape index (κ3) is 5.17. The maximum absolute atomic E-state index is 12.7. The summed E-state index contributed by atoms with van der Waals surface area (Å²) in [7, 11) is 0. The highest BCUT2D eigenvalue weighted by Crippen LogP contribution is 2.30. The van der Waals surface area contributed by atoms with Crippen molar-refractivity contribution in [3.05, 3.63) is 58.5 Å². The summed E-state index contributed by atoms with van der Waals surface area (Å²) in [5.74, 6) is 0.469. The standard InChI is InChI=1S/C21H20N2O5S/c1-3-27-15-9-10-17(28-4-2)16(12-15)22-19(24)14-7-5-13(6-8-14)11-18-20(25)23-21(26)29-18/h5-12H,3-4H2,1-2H3,(H,22,24)(H,23,25,26)/b18-11-. The molecule has 2 N–H and O–H groups in total. The molecule has 3 rings (SSSR count). The van der Waals surface area contributed by atoms with E-state index in [1.807, 2.05) is 13.8 Å². The van der Waals surface area contributed by atoms with Gasteiger partial charge in [0.2, 0.25) is 0 Å². The molecule has 0 saturated carbocycles. The van der Waals surface area contributed by atoms with Crippen molar-refractivity contribution in [1.82, 2.24) is 5.32 Å². The van der Waals surface area contributed by atoms with Crippen molar-refractivity contribution < 1.29 is 23.9 Å². The first-order valence-corrected chi connectivity index (χ1v) is 9.87. The van der Waals surface area contributed by atoms with Gasteiger partial charge >= 0.3 is 0 Å². The third-order valence-electron chi connectivity index (χ3n) is 3.92. The topological polar surface area (TPSA) is 93.7 Å². The third-order valence-corrected chi connectivity index (χ3v) is 4.73. The fourth-order valence-corrected chi connectivity index (χ4v) is 3.32. The zero-order chi connectivity index (χ0) is 20.8. The van der Waals surface area contributed by atoms with Gasteiger partial charge in [0, 0.05) is 11.6 Å². The van der Waals surface area contributed by atoms with Crippen LogP contribution in [0, 0.1) is 0 Å². The molecule has 0 radical (unpaired) electrons. The minimum Gasteiger partial charge on any atom is -0.494 e. The van der Waals surface area contributed by atoms with Gasteiger partial charge in [0.15, 0.2) is 0 Å². The van der Waals surface area contributed by atoms with Crippen molar-refractivity contribution in [3.63, 3.8) is 0 Å². The Hall–Kier alpha value is -3.26. The van der Waals surface area contributed by atoms with Crippen LogP contribution in [0.15, 0.2) is 47.4 Å². The number of rotatable bonds is 7. The van der Waals surface area contributed by atoms with Crippen LogP contribution in [0.4, 0.5) is 10.5 Å². The van der Waals surface area contributed by atoms with Crippen molar-refractivity contribution in [3.8, 4) is 11.5 Å². The van der Waals surface area contributed by atoms with Gasteiger partial charge < -0.3 is 14.8 Å². The molecule has 1 aliphatic heterocycles. The second-order valence-electron chi connectivity index (χ2n) is 5.95. The van der Waals surface area contributed by atoms with Gasteiger partial charge in [0.05, 0.1) is 23.8 Å². The molecule has 3 amide bonds. The lowest BCUT2D eigenvalue weighted by molar-refractivity contribution is -0.115. The van der Waals surface area contributed by atoms with E-state index in [0.717, 1.165) is 11.8 Å². The highest BCUT2D eigenvalue weighted by atomic mass is 32.2. The number of carbonyl (C=O) groups excluding carboxylic acids is 3. The molecule has 1 fully saturated rings. The molecule has 1 aliphatic rings. The Labute approximate surface area is 172 Å². The fourth-order valence-electron chi connectivity index (χ4n) is 2.64. The van der Waals surface area contributed by atoms with E-state index in [2.05, 4.69) is 10.6 Å². The molecule has 1 heterocycles. The van der Waals surface area contributed by atoms with Crippen molar-refractivity contribution in [1.29, 1.82) is 0 Å². The maximum atomic E-state index is 12.7. The SMILES string of the molecule is CCOc1ccc(OCC)c(NC(=O)c2ccc(/C=C3\SC(=O)NC3=O)cc2)c1. The van der Waals surface area contributed by atoms with E-state index in [9.17, 15) is 14.4 Å². The molecule has 1 saturated heterocycles. The van der Waals surface area contributed by atoms with Gasteiger partial charge in [0.25, 0.3) is 17.1 Å². The Morgan fingerprint density at radius 3 is 2.41 bits per heavy atom. The molecule has 2 aromatic rings. The van der Waals surface area contributed by atoms with Crippen LogP contribution in [0.2, 0.25) is 0 Å². The molecular formula is C21H20N2O5S. The number of imide groups is 1. The van der Waals surface area contributed by atoms with Crippen molar-refractivity contribution in [2.45, 2.75) is 13.8 Å². The zero-order valence-electron chi connectivity index (χ0n) is 16.0. The smallest absolute Gasteiger partial charge is 0.290 e. The molecule has 0 aliphatic carbocycles. The van der Waals surface area contributed by atoms with Crippen molar-refractivity contribution in [2.24, 2.45) is 0 Å². The first kappa shape index (κ1) is 20.5. The summed E-state index contributed by atoms with van der Waals surface area (Å²) in [4.78, 5) is 35.8. The fraction of sp³-hybridized carbons (Fsp3) is 0.190. The molecule has 0 unspecified atom stereocenters. The summed E-state index contributed by atoms with van der Waals surface area (Å²) in [5, 5.41) is 4.66. The van der Waals surface area contributed by atoms with Crippen LogP contribution >= 0.6 is 11.8 Å². The summed E-state index contributed by atoms with van der Waals surface area (Å²) in [6.45, 7) is 4.73. The van der Waals surface area contributed by atoms with Crippen LogP contribution in [-0.2, 0) is 4.79 Å². The molecule has 8 heteroatoms. The number of nitrogens with one attached hydrogen (secondary N) is 2. The first-order chi connectivity index (χ1) is 14.0. The molecule has 7 nitrogen and oxygen atoms in total. The number of hydrogen-bond donors (Lipinski definition) is 2. The Morgan fingerprint density at radius 1 is 1.07 bits per heavy atom. The molecule has 29 heavy (non-hydrogen) atoms. The Bertz CT molecular complexity index is 970.